The average Bonchev–Trinajstić information content (AvgIpc) is 3.02. The minimum atomic E-state index is -0.159. The summed E-state index contributed by atoms with van der Waals surface area (Å²) in [4.78, 5) is 20.6. The van der Waals surface area contributed by atoms with Gasteiger partial charge in [0, 0.05) is 45.1 Å². The third-order valence-electron chi connectivity index (χ3n) is 4.02. The summed E-state index contributed by atoms with van der Waals surface area (Å²) in [6, 6.07) is 5.65. The van der Waals surface area contributed by atoms with Crippen molar-refractivity contribution in [3.8, 4) is 6.07 Å². The molecular formula is C16H17ClN6O. The first-order valence-corrected chi connectivity index (χ1v) is 8.14. The molecule has 0 saturated carbocycles. The topological polar surface area (TPSA) is 78.0 Å². The summed E-state index contributed by atoms with van der Waals surface area (Å²) >= 11 is 6.11. The number of piperazine rings is 1. The van der Waals surface area contributed by atoms with Gasteiger partial charge in [0.25, 0.3) is 5.91 Å². The number of aromatic nitrogens is 3. The van der Waals surface area contributed by atoms with Crippen molar-refractivity contribution in [2.45, 2.75) is 13.5 Å². The molecule has 0 atom stereocenters. The summed E-state index contributed by atoms with van der Waals surface area (Å²) in [6.07, 6.45) is 3.34. The SMILES string of the molecule is CCn1cc(Cl)c(C(=O)N2CCN(c3ncccc3C#N)CC2)n1. The molecule has 2 aromatic rings. The molecule has 124 valence electrons. The highest BCUT2D eigenvalue weighted by atomic mass is 35.5. The maximum Gasteiger partial charge on any atom is 0.276 e. The largest absolute Gasteiger partial charge is 0.352 e. The summed E-state index contributed by atoms with van der Waals surface area (Å²) in [7, 11) is 0. The van der Waals surface area contributed by atoms with Gasteiger partial charge < -0.3 is 9.80 Å². The van der Waals surface area contributed by atoms with Gasteiger partial charge in [-0.3, -0.25) is 9.48 Å². The van der Waals surface area contributed by atoms with Crippen LogP contribution in [0.25, 0.3) is 0 Å². The number of amides is 1. The minimum Gasteiger partial charge on any atom is -0.352 e. The highest BCUT2D eigenvalue weighted by Crippen LogP contribution is 2.20. The number of nitriles is 1. The van der Waals surface area contributed by atoms with Crippen molar-refractivity contribution in [2.24, 2.45) is 0 Å². The number of rotatable bonds is 3. The van der Waals surface area contributed by atoms with Crippen LogP contribution in [0.4, 0.5) is 5.82 Å². The van der Waals surface area contributed by atoms with E-state index in [0.29, 0.717) is 54.8 Å². The Morgan fingerprint density at radius 1 is 1.38 bits per heavy atom. The van der Waals surface area contributed by atoms with Crippen LogP contribution in [0.2, 0.25) is 5.02 Å². The number of nitrogens with zero attached hydrogens (tertiary/aromatic N) is 6. The molecule has 1 fully saturated rings. The Kier molecular flexibility index (Phi) is 4.67. The van der Waals surface area contributed by atoms with Gasteiger partial charge in [0.05, 0.1) is 10.6 Å². The summed E-state index contributed by atoms with van der Waals surface area (Å²) < 4.78 is 1.65. The maximum absolute atomic E-state index is 12.6. The van der Waals surface area contributed by atoms with Crippen LogP contribution in [0.1, 0.15) is 23.0 Å². The summed E-state index contributed by atoms with van der Waals surface area (Å²) in [6.45, 7) is 4.91. The number of aryl methyl sites for hydroxylation is 1. The van der Waals surface area contributed by atoms with Crippen LogP contribution in [0, 0.1) is 11.3 Å². The molecule has 1 aliphatic rings. The van der Waals surface area contributed by atoms with Crippen molar-refractivity contribution in [1.82, 2.24) is 19.7 Å². The molecule has 3 rings (SSSR count). The van der Waals surface area contributed by atoms with Crippen LogP contribution >= 0.6 is 11.6 Å². The zero-order chi connectivity index (χ0) is 17.1. The molecule has 0 unspecified atom stereocenters. The standard InChI is InChI=1S/C16H17ClN6O/c1-2-23-11-13(17)14(20-23)16(24)22-8-6-21(7-9-22)15-12(10-18)4-3-5-19-15/h3-5,11H,2,6-9H2,1H3. The first kappa shape index (κ1) is 16.3. The van der Waals surface area contributed by atoms with E-state index in [0.717, 1.165) is 0 Å². The number of anilines is 1. The highest BCUT2D eigenvalue weighted by molar-refractivity contribution is 6.33. The van der Waals surface area contributed by atoms with E-state index in [1.54, 1.807) is 34.1 Å². The molecule has 3 heterocycles. The van der Waals surface area contributed by atoms with Crippen molar-refractivity contribution in [2.75, 3.05) is 31.1 Å². The average molecular weight is 345 g/mol. The van der Waals surface area contributed by atoms with Crippen molar-refractivity contribution in [3.63, 3.8) is 0 Å². The van der Waals surface area contributed by atoms with Gasteiger partial charge in [-0.2, -0.15) is 10.4 Å². The van der Waals surface area contributed by atoms with E-state index < -0.39 is 0 Å². The zero-order valence-corrected chi connectivity index (χ0v) is 14.1. The summed E-state index contributed by atoms with van der Waals surface area (Å²) in [5, 5.41) is 13.8. The van der Waals surface area contributed by atoms with E-state index in [4.69, 9.17) is 11.6 Å². The molecule has 0 bridgehead atoms. The number of pyridine rings is 1. The van der Waals surface area contributed by atoms with E-state index in [-0.39, 0.29) is 5.91 Å². The fraction of sp³-hybridized carbons (Fsp3) is 0.375. The molecule has 8 heteroatoms. The first-order valence-electron chi connectivity index (χ1n) is 7.76. The Bertz CT molecular complexity index is 788. The number of hydrogen-bond acceptors (Lipinski definition) is 5. The Hall–Kier alpha value is -2.59. The normalized spacial score (nSPS) is 14.5. The third kappa shape index (κ3) is 3.05. The Balaban J connectivity index is 1.70. The molecule has 1 saturated heterocycles. The molecule has 7 nitrogen and oxygen atoms in total. The quantitative estimate of drug-likeness (QED) is 0.848. The predicted molar refractivity (Wildman–Crippen MR) is 90.0 cm³/mol. The molecule has 0 N–H and O–H groups in total. The lowest BCUT2D eigenvalue weighted by Crippen LogP contribution is -2.49. The second-order valence-electron chi connectivity index (χ2n) is 5.45. The van der Waals surface area contributed by atoms with Gasteiger partial charge in [-0.25, -0.2) is 4.98 Å². The first-order chi connectivity index (χ1) is 11.6. The fourth-order valence-electron chi connectivity index (χ4n) is 2.71. The molecule has 0 aromatic carbocycles. The summed E-state index contributed by atoms with van der Waals surface area (Å²) in [5.41, 5.74) is 0.838. The van der Waals surface area contributed by atoms with E-state index in [1.165, 1.54) is 0 Å². The lowest BCUT2D eigenvalue weighted by Gasteiger charge is -2.35. The van der Waals surface area contributed by atoms with Crippen molar-refractivity contribution < 1.29 is 4.79 Å². The maximum atomic E-state index is 12.6. The van der Waals surface area contributed by atoms with Gasteiger partial charge >= 0.3 is 0 Å². The summed E-state index contributed by atoms with van der Waals surface area (Å²) in [5.74, 6) is 0.508. The Labute approximate surface area is 145 Å². The zero-order valence-electron chi connectivity index (χ0n) is 13.3. The van der Waals surface area contributed by atoms with Crippen LogP contribution in [0.5, 0.6) is 0 Å². The molecule has 1 aliphatic heterocycles. The Morgan fingerprint density at radius 3 is 2.75 bits per heavy atom. The second-order valence-corrected chi connectivity index (χ2v) is 5.85. The van der Waals surface area contributed by atoms with Gasteiger partial charge in [0.2, 0.25) is 0 Å². The minimum absolute atomic E-state index is 0.159. The highest BCUT2D eigenvalue weighted by Gasteiger charge is 2.27. The smallest absolute Gasteiger partial charge is 0.276 e. The monoisotopic (exact) mass is 344 g/mol. The second kappa shape index (κ2) is 6.89. The van der Waals surface area contributed by atoms with E-state index in [1.807, 2.05) is 11.8 Å². The van der Waals surface area contributed by atoms with E-state index in [2.05, 4.69) is 16.2 Å². The van der Waals surface area contributed by atoms with Gasteiger partial charge in [-0.05, 0) is 19.1 Å². The van der Waals surface area contributed by atoms with Crippen molar-refractivity contribution in [3.05, 3.63) is 40.8 Å². The van der Waals surface area contributed by atoms with Crippen LogP contribution < -0.4 is 4.90 Å². The van der Waals surface area contributed by atoms with Gasteiger partial charge in [-0.1, -0.05) is 11.6 Å². The fourth-order valence-corrected chi connectivity index (χ4v) is 2.94. The molecular weight excluding hydrogens is 328 g/mol. The van der Waals surface area contributed by atoms with E-state index >= 15 is 0 Å². The third-order valence-corrected chi connectivity index (χ3v) is 4.29. The molecule has 24 heavy (non-hydrogen) atoms. The van der Waals surface area contributed by atoms with Crippen LogP contribution in [0.3, 0.4) is 0 Å². The van der Waals surface area contributed by atoms with Gasteiger partial charge in [-0.15, -0.1) is 0 Å². The van der Waals surface area contributed by atoms with Crippen molar-refractivity contribution in [1.29, 1.82) is 5.26 Å². The molecule has 0 radical (unpaired) electrons. The molecule has 0 aliphatic carbocycles. The van der Waals surface area contributed by atoms with E-state index in [9.17, 15) is 10.1 Å². The molecule has 1 amide bonds. The predicted octanol–water partition coefficient (Wildman–Crippen LogP) is 1.79. The lowest BCUT2D eigenvalue weighted by atomic mass is 10.2. The van der Waals surface area contributed by atoms with Gasteiger partial charge in [0.1, 0.15) is 11.9 Å². The number of hydrogen-bond donors (Lipinski definition) is 0. The van der Waals surface area contributed by atoms with Crippen LogP contribution in [-0.2, 0) is 6.54 Å². The van der Waals surface area contributed by atoms with Crippen LogP contribution in [0.15, 0.2) is 24.5 Å². The number of halogens is 1. The van der Waals surface area contributed by atoms with Crippen molar-refractivity contribution >= 4 is 23.3 Å². The molecule has 2 aromatic heterocycles. The van der Waals surface area contributed by atoms with Crippen LogP contribution in [-0.4, -0.2) is 51.8 Å². The lowest BCUT2D eigenvalue weighted by molar-refractivity contribution is 0.0740. The molecule has 0 spiro atoms. The van der Waals surface area contributed by atoms with Gasteiger partial charge in [0.15, 0.2) is 5.69 Å². The number of carbonyl (C=O) groups excluding carboxylic acids is 1. The number of carbonyl (C=O) groups is 1. The Morgan fingerprint density at radius 2 is 2.12 bits per heavy atom.